The maximum absolute atomic E-state index is 5.54. The van der Waals surface area contributed by atoms with Crippen LogP contribution in [0.15, 0.2) is 22.0 Å². The molecule has 2 rings (SSSR count). The first kappa shape index (κ1) is 8.72. The Morgan fingerprint density at radius 2 is 2.46 bits per heavy atom. The fourth-order valence-electron chi connectivity index (χ4n) is 0.978. The lowest BCUT2D eigenvalue weighted by Gasteiger charge is -1.86. The number of hydrogen-bond acceptors (Lipinski definition) is 4. The number of alkyl halides is 1. The van der Waals surface area contributed by atoms with Crippen LogP contribution in [0.1, 0.15) is 16.6 Å². The first-order valence-electron chi connectivity index (χ1n) is 3.78. The molecule has 0 aliphatic heterocycles. The summed E-state index contributed by atoms with van der Waals surface area (Å²) in [5.74, 6) is 1.47. The third-order valence-corrected chi connectivity index (χ3v) is 2.65. The Morgan fingerprint density at radius 1 is 1.54 bits per heavy atom. The first-order chi connectivity index (χ1) is 6.38. The fourth-order valence-corrected chi connectivity index (χ4v) is 1.78. The van der Waals surface area contributed by atoms with Crippen LogP contribution in [0.5, 0.6) is 0 Å². The van der Waals surface area contributed by atoms with Gasteiger partial charge in [0.05, 0.1) is 12.3 Å². The van der Waals surface area contributed by atoms with Gasteiger partial charge in [0.15, 0.2) is 5.82 Å². The lowest BCUT2D eigenvalue weighted by atomic mass is 10.3. The number of hydrogen-bond donors (Lipinski definition) is 0. The fraction of sp³-hybridized carbons (Fsp3) is 0.250. The number of thiophene rings is 1. The van der Waals surface area contributed by atoms with Gasteiger partial charge in [-0.2, -0.15) is 4.98 Å². The highest BCUT2D eigenvalue weighted by Gasteiger charge is 2.06. The van der Waals surface area contributed by atoms with Gasteiger partial charge in [-0.1, -0.05) is 11.2 Å². The molecule has 13 heavy (non-hydrogen) atoms. The average Bonchev–Trinajstić information content (AvgIpc) is 2.76. The molecule has 2 aromatic heterocycles. The Morgan fingerprint density at radius 3 is 3.08 bits per heavy atom. The highest BCUT2D eigenvalue weighted by Crippen LogP contribution is 2.13. The summed E-state index contributed by atoms with van der Waals surface area (Å²) in [7, 11) is 0. The van der Waals surface area contributed by atoms with E-state index in [0.717, 1.165) is 0 Å². The van der Waals surface area contributed by atoms with E-state index < -0.39 is 0 Å². The van der Waals surface area contributed by atoms with Crippen LogP contribution in [-0.4, -0.2) is 10.1 Å². The smallest absolute Gasteiger partial charge is 0.231 e. The van der Waals surface area contributed by atoms with Gasteiger partial charge in [-0.25, -0.2) is 0 Å². The quantitative estimate of drug-likeness (QED) is 0.737. The molecule has 0 aromatic carbocycles. The summed E-state index contributed by atoms with van der Waals surface area (Å²) in [6.07, 6.45) is 0.696. The summed E-state index contributed by atoms with van der Waals surface area (Å²) in [6.45, 7) is 0. The van der Waals surface area contributed by atoms with E-state index >= 15 is 0 Å². The van der Waals surface area contributed by atoms with Crippen LogP contribution in [0.2, 0.25) is 0 Å². The van der Waals surface area contributed by atoms with Crippen molar-refractivity contribution >= 4 is 22.9 Å². The Hall–Kier alpha value is -0.870. The molecule has 0 spiro atoms. The summed E-state index contributed by atoms with van der Waals surface area (Å²) in [5, 5.41) is 5.72. The van der Waals surface area contributed by atoms with Crippen LogP contribution in [0, 0.1) is 0 Å². The van der Waals surface area contributed by atoms with Crippen molar-refractivity contribution in [3.8, 4) is 0 Å². The summed E-state index contributed by atoms with van der Waals surface area (Å²) < 4.78 is 4.99. The predicted molar refractivity (Wildman–Crippen MR) is 51.0 cm³/mol. The van der Waals surface area contributed by atoms with Gasteiger partial charge in [-0.05, 0) is 11.4 Å². The van der Waals surface area contributed by atoms with Crippen molar-refractivity contribution in [3.05, 3.63) is 34.1 Å². The van der Waals surface area contributed by atoms with Crippen molar-refractivity contribution in [1.29, 1.82) is 0 Å². The first-order valence-corrected chi connectivity index (χ1v) is 5.19. The second kappa shape index (κ2) is 3.89. The molecule has 0 saturated heterocycles. The minimum atomic E-state index is 0.300. The van der Waals surface area contributed by atoms with Gasteiger partial charge in [-0.3, -0.25) is 0 Å². The van der Waals surface area contributed by atoms with Crippen LogP contribution in [-0.2, 0) is 12.3 Å². The average molecular weight is 215 g/mol. The minimum absolute atomic E-state index is 0.300. The molecule has 3 nitrogen and oxygen atoms in total. The highest BCUT2D eigenvalue weighted by atomic mass is 35.5. The summed E-state index contributed by atoms with van der Waals surface area (Å²) in [4.78, 5) is 5.31. The SMILES string of the molecule is ClCc1noc(Cc2cccs2)n1. The second-order valence-corrected chi connectivity index (χ2v) is 3.79. The van der Waals surface area contributed by atoms with E-state index in [4.69, 9.17) is 16.1 Å². The van der Waals surface area contributed by atoms with E-state index in [9.17, 15) is 0 Å². The summed E-state index contributed by atoms with van der Waals surface area (Å²) >= 11 is 7.21. The van der Waals surface area contributed by atoms with E-state index in [0.29, 0.717) is 24.0 Å². The Balaban J connectivity index is 2.10. The Bertz CT molecular complexity index is 371. The molecule has 0 amide bonds. The van der Waals surface area contributed by atoms with Crippen LogP contribution < -0.4 is 0 Å². The van der Waals surface area contributed by atoms with Gasteiger partial charge in [0.25, 0.3) is 0 Å². The topological polar surface area (TPSA) is 38.9 Å². The Labute approximate surface area is 84.3 Å². The summed E-state index contributed by atoms with van der Waals surface area (Å²) in [5.41, 5.74) is 0. The largest absolute Gasteiger partial charge is 0.339 e. The van der Waals surface area contributed by atoms with Crippen molar-refractivity contribution in [3.63, 3.8) is 0 Å². The van der Waals surface area contributed by atoms with Gasteiger partial charge in [0.1, 0.15) is 0 Å². The lowest BCUT2D eigenvalue weighted by molar-refractivity contribution is 0.381. The third kappa shape index (κ3) is 2.08. The normalized spacial score (nSPS) is 10.5. The van der Waals surface area contributed by atoms with Crippen molar-refractivity contribution in [2.45, 2.75) is 12.3 Å². The number of nitrogens with zero attached hydrogens (tertiary/aromatic N) is 2. The molecular formula is C8H7ClN2OS. The van der Waals surface area contributed by atoms with Crippen LogP contribution >= 0.6 is 22.9 Å². The molecule has 2 heterocycles. The zero-order chi connectivity index (χ0) is 9.10. The molecule has 0 radical (unpaired) electrons. The third-order valence-electron chi connectivity index (χ3n) is 1.54. The molecule has 0 unspecified atom stereocenters. The molecule has 0 fully saturated rings. The molecule has 0 saturated carbocycles. The molecule has 68 valence electrons. The van der Waals surface area contributed by atoms with E-state index in [1.807, 2.05) is 17.5 Å². The molecule has 0 atom stereocenters. The summed E-state index contributed by atoms with van der Waals surface area (Å²) in [6, 6.07) is 4.04. The second-order valence-electron chi connectivity index (χ2n) is 2.49. The highest BCUT2D eigenvalue weighted by molar-refractivity contribution is 7.09. The van der Waals surface area contributed by atoms with Crippen LogP contribution in [0.25, 0.3) is 0 Å². The van der Waals surface area contributed by atoms with Gasteiger partial charge in [0.2, 0.25) is 5.89 Å². The lowest BCUT2D eigenvalue weighted by Crippen LogP contribution is -1.85. The molecule has 0 bridgehead atoms. The monoisotopic (exact) mass is 214 g/mol. The van der Waals surface area contributed by atoms with Crippen LogP contribution in [0.3, 0.4) is 0 Å². The van der Waals surface area contributed by atoms with Crippen molar-refractivity contribution in [1.82, 2.24) is 10.1 Å². The van der Waals surface area contributed by atoms with Crippen molar-refractivity contribution in [2.24, 2.45) is 0 Å². The van der Waals surface area contributed by atoms with E-state index in [2.05, 4.69) is 10.1 Å². The molecule has 5 heteroatoms. The number of halogens is 1. The van der Waals surface area contributed by atoms with Gasteiger partial charge >= 0.3 is 0 Å². The standard InChI is InChI=1S/C8H7ClN2OS/c9-5-7-10-8(12-11-7)4-6-2-1-3-13-6/h1-3H,4-5H2. The molecule has 0 N–H and O–H groups in total. The number of rotatable bonds is 3. The van der Waals surface area contributed by atoms with Gasteiger partial charge in [0, 0.05) is 4.88 Å². The molecule has 0 aliphatic rings. The van der Waals surface area contributed by atoms with E-state index in [1.165, 1.54) is 4.88 Å². The molecular weight excluding hydrogens is 208 g/mol. The molecule has 0 aliphatic carbocycles. The zero-order valence-corrected chi connectivity index (χ0v) is 8.31. The van der Waals surface area contributed by atoms with Crippen molar-refractivity contribution in [2.75, 3.05) is 0 Å². The van der Waals surface area contributed by atoms with E-state index in [-0.39, 0.29) is 0 Å². The number of aromatic nitrogens is 2. The Kier molecular flexibility index (Phi) is 2.61. The van der Waals surface area contributed by atoms with Gasteiger partial charge in [-0.15, -0.1) is 22.9 Å². The van der Waals surface area contributed by atoms with Crippen LogP contribution in [0.4, 0.5) is 0 Å². The predicted octanol–water partition coefficient (Wildman–Crippen LogP) is 2.46. The van der Waals surface area contributed by atoms with Crippen molar-refractivity contribution < 1.29 is 4.52 Å². The minimum Gasteiger partial charge on any atom is -0.339 e. The maximum Gasteiger partial charge on any atom is 0.231 e. The van der Waals surface area contributed by atoms with Gasteiger partial charge < -0.3 is 4.52 Å². The maximum atomic E-state index is 5.54. The van der Waals surface area contributed by atoms with E-state index in [1.54, 1.807) is 11.3 Å². The molecule has 2 aromatic rings. The zero-order valence-electron chi connectivity index (χ0n) is 6.74.